The predicted octanol–water partition coefficient (Wildman–Crippen LogP) is 1.57. The van der Waals surface area contributed by atoms with Crippen LogP contribution in [0.25, 0.3) is 0 Å². The molecule has 2 bridgehead atoms. The maximum Gasteiger partial charge on any atom is 0.322 e. The number of carbonyl (C=O) groups is 1. The van der Waals surface area contributed by atoms with Crippen molar-refractivity contribution in [1.82, 2.24) is 19.8 Å². The molecular weight excluding hydrogens is 254 g/mol. The Labute approximate surface area is 119 Å². The third-order valence-electron chi connectivity index (χ3n) is 4.29. The van der Waals surface area contributed by atoms with E-state index >= 15 is 0 Å². The lowest BCUT2D eigenvalue weighted by molar-refractivity contribution is 0.0757. The molecule has 1 N–H and O–H groups in total. The van der Waals surface area contributed by atoms with Crippen molar-refractivity contribution in [3.63, 3.8) is 0 Å². The van der Waals surface area contributed by atoms with Crippen LogP contribution in [0.1, 0.15) is 26.7 Å². The summed E-state index contributed by atoms with van der Waals surface area (Å²) in [4.78, 5) is 24.8. The minimum absolute atomic E-state index is 0.0179. The Morgan fingerprint density at radius 2 is 1.85 bits per heavy atom. The molecule has 0 aliphatic carbocycles. The normalized spacial score (nSPS) is 26.1. The summed E-state index contributed by atoms with van der Waals surface area (Å²) >= 11 is 0. The van der Waals surface area contributed by atoms with E-state index in [9.17, 15) is 4.79 Å². The Morgan fingerprint density at radius 1 is 1.25 bits per heavy atom. The Morgan fingerprint density at radius 3 is 2.40 bits per heavy atom. The second-order valence-corrected chi connectivity index (χ2v) is 5.90. The predicted molar refractivity (Wildman–Crippen MR) is 76.4 cm³/mol. The first kappa shape index (κ1) is 13.3. The quantitative estimate of drug-likeness (QED) is 0.890. The lowest BCUT2D eigenvalue weighted by Gasteiger charge is -2.42. The van der Waals surface area contributed by atoms with E-state index < -0.39 is 0 Å². The number of amides is 2. The zero-order valence-corrected chi connectivity index (χ0v) is 12.0. The summed E-state index contributed by atoms with van der Waals surface area (Å²) in [5, 5.41) is 2.90. The molecule has 2 aliphatic heterocycles. The van der Waals surface area contributed by atoms with Gasteiger partial charge in [-0.2, -0.15) is 0 Å². The van der Waals surface area contributed by atoms with Crippen LogP contribution < -0.4 is 5.32 Å². The maximum absolute atomic E-state index is 12.4. The number of piperazine rings is 1. The summed E-state index contributed by atoms with van der Waals surface area (Å²) in [5.41, 5.74) is 0.656. The van der Waals surface area contributed by atoms with Gasteiger partial charge in [-0.05, 0) is 26.7 Å². The molecule has 0 spiro atoms. The monoisotopic (exact) mass is 275 g/mol. The number of hydrogen-bond donors (Lipinski definition) is 1. The second kappa shape index (κ2) is 5.36. The van der Waals surface area contributed by atoms with E-state index in [0.717, 1.165) is 25.9 Å². The minimum atomic E-state index is -0.0179. The topological polar surface area (TPSA) is 61.4 Å². The van der Waals surface area contributed by atoms with E-state index in [4.69, 9.17) is 0 Å². The summed E-state index contributed by atoms with van der Waals surface area (Å²) in [6.45, 7) is 6.40. The van der Waals surface area contributed by atoms with E-state index in [1.165, 1.54) is 6.33 Å². The highest BCUT2D eigenvalue weighted by molar-refractivity contribution is 5.89. The summed E-state index contributed by atoms with van der Waals surface area (Å²) in [7, 11) is 0. The average Bonchev–Trinajstić information content (AvgIpc) is 2.70. The maximum atomic E-state index is 12.4. The van der Waals surface area contributed by atoms with Gasteiger partial charge in [0.25, 0.3) is 0 Å². The zero-order chi connectivity index (χ0) is 14.1. The molecule has 1 aromatic rings. The molecule has 3 heterocycles. The average molecular weight is 275 g/mol. The molecule has 2 aliphatic rings. The van der Waals surface area contributed by atoms with Crippen molar-refractivity contribution >= 4 is 11.7 Å². The van der Waals surface area contributed by atoms with Gasteiger partial charge in [-0.25, -0.2) is 14.8 Å². The van der Waals surface area contributed by atoms with Crippen LogP contribution in [-0.2, 0) is 0 Å². The van der Waals surface area contributed by atoms with Crippen LogP contribution in [0.2, 0.25) is 0 Å². The Balaban J connectivity index is 1.68. The van der Waals surface area contributed by atoms with E-state index in [0.29, 0.717) is 23.8 Å². The fourth-order valence-corrected chi connectivity index (χ4v) is 3.24. The highest BCUT2D eigenvalue weighted by Crippen LogP contribution is 2.31. The first-order chi connectivity index (χ1) is 9.65. The number of carbonyl (C=O) groups excluding carboxylic acids is 1. The number of likely N-dealkylation sites (tertiary alicyclic amines) is 1. The number of hydrogen-bond acceptors (Lipinski definition) is 4. The van der Waals surface area contributed by atoms with Crippen LogP contribution in [0.15, 0.2) is 18.7 Å². The van der Waals surface area contributed by atoms with Gasteiger partial charge in [0.15, 0.2) is 0 Å². The third-order valence-corrected chi connectivity index (χ3v) is 4.29. The number of anilines is 1. The molecule has 2 unspecified atom stereocenters. The molecule has 2 amide bonds. The first-order valence-electron chi connectivity index (χ1n) is 7.23. The SMILES string of the molecule is CC(C)N1CC2CCC(C1)N2C(=O)Nc1cncnc1. The lowest BCUT2D eigenvalue weighted by Crippen LogP contribution is -2.58. The molecule has 20 heavy (non-hydrogen) atoms. The summed E-state index contributed by atoms with van der Waals surface area (Å²) in [6, 6.07) is 1.20. The zero-order valence-electron chi connectivity index (χ0n) is 12.0. The minimum Gasteiger partial charge on any atom is -0.316 e. The largest absolute Gasteiger partial charge is 0.322 e. The van der Waals surface area contributed by atoms with Gasteiger partial charge in [0, 0.05) is 31.2 Å². The summed E-state index contributed by atoms with van der Waals surface area (Å²) in [6.07, 6.45) is 6.91. The highest BCUT2D eigenvalue weighted by Gasteiger charge is 2.43. The highest BCUT2D eigenvalue weighted by atomic mass is 16.2. The fourth-order valence-electron chi connectivity index (χ4n) is 3.24. The molecule has 2 atom stereocenters. The molecule has 6 nitrogen and oxygen atoms in total. The lowest BCUT2D eigenvalue weighted by atomic mass is 10.1. The number of urea groups is 1. The summed E-state index contributed by atoms with van der Waals surface area (Å²) in [5.74, 6) is 0. The van der Waals surface area contributed by atoms with Gasteiger partial charge in [0.1, 0.15) is 6.33 Å². The number of nitrogens with one attached hydrogen (secondary N) is 1. The van der Waals surface area contributed by atoms with E-state index in [1.54, 1.807) is 12.4 Å². The molecule has 6 heteroatoms. The molecule has 0 aromatic carbocycles. The van der Waals surface area contributed by atoms with Crippen molar-refractivity contribution in [3.05, 3.63) is 18.7 Å². The first-order valence-corrected chi connectivity index (χ1v) is 7.23. The molecule has 0 radical (unpaired) electrons. The molecule has 2 fully saturated rings. The van der Waals surface area contributed by atoms with Gasteiger partial charge >= 0.3 is 6.03 Å². The van der Waals surface area contributed by atoms with E-state index in [-0.39, 0.29) is 6.03 Å². The summed E-state index contributed by atoms with van der Waals surface area (Å²) < 4.78 is 0. The van der Waals surface area contributed by atoms with E-state index in [1.807, 2.05) is 4.90 Å². The van der Waals surface area contributed by atoms with Crippen molar-refractivity contribution in [2.45, 2.75) is 44.8 Å². The number of rotatable bonds is 2. The van der Waals surface area contributed by atoms with Crippen LogP contribution in [0.5, 0.6) is 0 Å². The van der Waals surface area contributed by atoms with Crippen LogP contribution in [0.4, 0.5) is 10.5 Å². The molecule has 1 aromatic heterocycles. The van der Waals surface area contributed by atoms with Crippen LogP contribution in [0, 0.1) is 0 Å². The molecule has 3 rings (SSSR count). The van der Waals surface area contributed by atoms with Gasteiger partial charge in [-0.15, -0.1) is 0 Å². The fraction of sp³-hybridized carbons (Fsp3) is 0.643. The Bertz CT molecular complexity index is 464. The number of fused-ring (bicyclic) bond motifs is 2. The van der Waals surface area contributed by atoms with Gasteiger partial charge in [-0.3, -0.25) is 4.90 Å². The van der Waals surface area contributed by atoms with Gasteiger partial charge < -0.3 is 10.2 Å². The van der Waals surface area contributed by atoms with Crippen LogP contribution >= 0.6 is 0 Å². The standard InChI is InChI=1S/C14H21N5O/c1-10(2)18-7-12-3-4-13(8-18)19(12)14(20)17-11-5-15-9-16-6-11/h5-6,9-10,12-13H,3-4,7-8H2,1-2H3,(H,17,20). The van der Waals surface area contributed by atoms with Crippen molar-refractivity contribution in [3.8, 4) is 0 Å². The van der Waals surface area contributed by atoms with Crippen LogP contribution in [0.3, 0.4) is 0 Å². The van der Waals surface area contributed by atoms with Gasteiger partial charge in [0.2, 0.25) is 0 Å². The second-order valence-electron chi connectivity index (χ2n) is 5.90. The van der Waals surface area contributed by atoms with Crippen molar-refractivity contribution < 1.29 is 4.79 Å². The molecule has 108 valence electrons. The smallest absolute Gasteiger partial charge is 0.316 e. The number of nitrogens with zero attached hydrogens (tertiary/aromatic N) is 4. The van der Waals surface area contributed by atoms with Crippen molar-refractivity contribution in [1.29, 1.82) is 0 Å². The molecular formula is C14H21N5O. The Kier molecular flexibility index (Phi) is 3.56. The van der Waals surface area contributed by atoms with Crippen LogP contribution in [-0.4, -0.2) is 57.0 Å². The van der Waals surface area contributed by atoms with E-state index in [2.05, 4.69) is 34.0 Å². The Hall–Kier alpha value is -1.69. The third kappa shape index (κ3) is 2.47. The number of aromatic nitrogens is 2. The van der Waals surface area contributed by atoms with Gasteiger partial charge in [0.05, 0.1) is 18.1 Å². The van der Waals surface area contributed by atoms with Crippen molar-refractivity contribution in [2.24, 2.45) is 0 Å². The van der Waals surface area contributed by atoms with Gasteiger partial charge in [-0.1, -0.05) is 0 Å². The molecule has 0 saturated carbocycles. The van der Waals surface area contributed by atoms with Crippen molar-refractivity contribution in [2.75, 3.05) is 18.4 Å². The molecule has 2 saturated heterocycles.